The first-order valence-corrected chi connectivity index (χ1v) is 7.17. The number of rotatable bonds is 1. The quantitative estimate of drug-likeness (QED) is 0.583. The highest BCUT2D eigenvalue weighted by molar-refractivity contribution is 9.13. The van der Waals surface area contributed by atoms with Crippen molar-refractivity contribution >= 4 is 69.2 Å². The van der Waals surface area contributed by atoms with Gasteiger partial charge in [-0.1, -0.05) is 28.1 Å². The number of halogens is 3. The highest BCUT2D eigenvalue weighted by Crippen LogP contribution is 2.39. The smallest absolute Gasteiger partial charge is 0.0853 e. The van der Waals surface area contributed by atoms with E-state index in [1.54, 1.807) is 11.3 Å². The minimum Gasteiger partial charge on any atom is -0.127 e. The lowest BCUT2D eigenvalue weighted by atomic mass is 10.2. The van der Waals surface area contributed by atoms with Crippen LogP contribution in [0.5, 0.6) is 0 Å². The summed E-state index contributed by atoms with van der Waals surface area (Å²) in [5.74, 6) is 0. The third-order valence-electron chi connectivity index (χ3n) is 1.81. The van der Waals surface area contributed by atoms with Crippen LogP contribution in [0.4, 0.5) is 0 Å². The van der Waals surface area contributed by atoms with E-state index in [0.717, 1.165) is 13.6 Å². The molecule has 13 heavy (non-hydrogen) atoms. The van der Waals surface area contributed by atoms with Crippen LogP contribution in [-0.2, 0) is 5.33 Å². The standard InChI is InChI=1S/C9H5Br3S/c10-4-5-1-2-6-7(3-5)13-9(12)8(6)11/h1-3H,4H2. The van der Waals surface area contributed by atoms with Crippen molar-refractivity contribution in [3.63, 3.8) is 0 Å². The van der Waals surface area contributed by atoms with Gasteiger partial charge in [-0.2, -0.15) is 0 Å². The van der Waals surface area contributed by atoms with Crippen molar-refractivity contribution in [3.8, 4) is 0 Å². The lowest BCUT2D eigenvalue weighted by Gasteiger charge is -1.94. The maximum absolute atomic E-state index is 3.55. The largest absolute Gasteiger partial charge is 0.127 e. The second-order valence-electron chi connectivity index (χ2n) is 2.65. The molecule has 0 atom stereocenters. The molecule has 0 aliphatic rings. The molecule has 0 radical (unpaired) electrons. The van der Waals surface area contributed by atoms with Gasteiger partial charge >= 0.3 is 0 Å². The van der Waals surface area contributed by atoms with Crippen molar-refractivity contribution < 1.29 is 0 Å². The van der Waals surface area contributed by atoms with Crippen LogP contribution in [0.2, 0.25) is 0 Å². The van der Waals surface area contributed by atoms with Gasteiger partial charge in [0.2, 0.25) is 0 Å². The van der Waals surface area contributed by atoms with Crippen LogP contribution in [0, 0.1) is 0 Å². The first-order chi connectivity index (χ1) is 6.22. The summed E-state index contributed by atoms with van der Waals surface area (Å²) in [5, 5.41) is 2.19. The molecular formula is C9H5Br3S. The summed E-state index contributed by atoms with van der Waals surface area (Å²) in [6.07, 6.45) is 0. The second-order valence-corrected chi connectivity index (χ2v) is 6.38. The van der Waals surface area contributed by atoms with Gasteiger partial charge in [-0.05, 0) is 43.5 Å². The molecule has 4 heteroatoms. The van der Waals surface area contributed by atoms with Crippen molar-refractivity contribution in [2.24, 2.45) is 0 Å². The van der Waals surface area contributed by atoms with Crippen LogP contribution >= 0.6 is 59.1 Å². The van der Waals surface area contributed by atoms with E-state index < -0.39 is 0 Å². The van der Waals surface area contributed by atoms with E-state index in [1.807, 2.05) is 0 Å². The Morgan fingerprint density at radius 3 is 2.69 bits per heavy atom. The first-order valence-electron chi connectivity index (χ1n) is 3.65. The fourth-order valence-electron chi connectivity index (χ4n) is 1.16. The molecule has 0 saturated heterocycles. The molecule has 0 aliphatic heterocycles. The van der Waals surface area contributed by atoms with E-state index in [4.69, 9.17) is 0 Å². The van der Waals surface area contributed by atoms with Gasteiger partial charge in [-0.25, -0.2) is 0 Å². The Morgan fingerprint density at radius 1 is 1.23 bits per heavy atom. The van der Waals surface area contributed by atoms with Crippen molar-refractivity contribution in [3.05, 3.63) is 32.0 Å². The Hall–Kier alpha value is 0.620. The predicted molar refractivity (Wildman–Crippen MR) is 69.9 cm³/mol. The molecule has 0 spiro atoms. The molecule has 0 amide bonds. The molecule has 1 aromatic carbocycles. The highest BCUT2D eigenvalue weighted by atomic mass is 79.9. The Bertz CT molecular complexity index is 447. The zero-order chi connectivity index (χ0) is 9.42. The molecule has 2 aromatic rings. The van der Waals surface area contributed by atoms with Crippen LogP contribution in [0.1, 0.15) is 5.56 Å². The van der Waals surface area contributed by atoms with Crippen molar-refractivity contribution in [2.75, 3.05) is 0 Å². The summed E-state index contributed by atoms with van der Waals surface area (Å²) in [6, 6.07) is 6.50. The molecule has 68 valence electrons. The Labute approximate surface area is 106 Å². The van der Waals surface area contributed by atoms with E-state index in [9.17, 15) is 0 Å². The molecular weight excluding hydrogens is 380 g/mol. The monoisotopic (exact) mass is 382 g/mol. The Kier molecular flexibility index (Phi) is 3.13. The Morgan fingerprint density at radius 2 is 2.00 bits per heavy atom. The topological polar surface area (TPSA) is 0 Å². The summed E-state index contributed by atoms with van der Waals surface area (Å²) >= 11 is 12.3. The normalized spacial score (nSPS) is 11.0. The van der Waals surface area contributed by atoms with Gasteiger partial charge in [0, 0.05) is 15.4 Å². The third-order valence-corrected chi connectivity index (χ3v) is 5.90. The lowest BCUT2D eigenvalue weighted by Crippen LogP contribution is -1.74. The number of benzene rings is 1. The SMILES string of the molecule is BrCc1ccc2c(Br)c(Br)sc2c1. The lowest BCUT2D eigenvalue weighted by molar-refractivity contribution is 1.47. The molecule has 0 nitrogen and oxygen atoms in total. The van der Waals surface area contributed by atoms with E-state index in [2.05, 4.69) is 66.0 Å². The number of thiophene rings is 1. The van der Waals surface area contributed by atoms with Gasteiger partial charge in [0.05, 0.1) is 8.26 Å². The molecule has 0 aliphatic carbocycles. The average Bonchev–Trinajstić information content (AvgIpc) is 2.42. The van der Waals surface area contributed by atoms with Crippen LogP contribution in [0.15, 0.2) is 26.5 Å². The summed E-state index contributed by atoms with van der Waals surface area (Å²) < 4.78 is 3.64. The van der Waals surface area contributed by atoms with Gasteiger partial charge in [0.1, 0.15) is 0 Å². The van der Waals surface area contributed by atoms with Crippen LogP contribution < -0.4 is 0 Å². The van der Waals surface area contributed by atoms with Gasteiger partial charge in [0.25, 0.3) is 0 Å². The molecule has 0 saturated carbocycles. The van der Waals surface area contributed by atoms with Crippen molar-refractivity contribution in [1.82, 2.24) is 0 Å². The maximum Gasteiger partial charge on any atom is 0.0853 e. The minimum atomic E-state index is 0.913. The number of hydrogen-bond acceptors (Lipinski definition) is 1. The zero-order valence-electron chi connectivity index (χ0n) is 6.48. The summed E-state index contributed by atoms with van der Waals surface area (Å²) in [5.41, 5.74) is 1.31. The summed E-state index contributed by atoms with van der Waals surface area (Å²) in [7, 11) is 0. The van der Waals surface area contributed by atoms with Crippen molar-refractivity contribution in [2.45, 2.75) is 5.33 Å². The molecule has 2 rings (SSSR count). The molecule has 0 bridgehead atoms. The molecule has 0 N–H and O–H groups in total. The molecule has 0 fully saturated rings. The number of fused-ring (bicyclic) bond motifs is 1. The summed E-state index contributed by atoms with van der Waals surface area (Å²) in [4.78, 5) is 0. The highest BCUT2D eigenvalue weighted by Gasteiger charge is 2.07. The number of hydrogen-bond donors (Lipinski definition) is 0. The van der Waals surface area contributed by atoms with E-state index in [1.165, 1.54) is 15.6 Å². The van der Waals surface area contributed by atoms with E-state index in [-0.39, 0.29) is 0 Å². The maximum atomic E-state index is 3.55. The Balaban J connectivity index is 2.73. The number of alkyl halides is 1. The molecule has 0 unspecified atom stereocenters. The van der Waals surface area contributed by atoms with Crippen LogP contribution in [0.25, 0.3) is 10.1 Å². The van der Waals surface area contributed by atoms with Gasteiger partial charge in [-0.15, -0.1) is 11.3 Å². The van der Waals surface area contributed by atoms with E-state index >= 15 is 0 Å². The average molecular weight is 385 g/mol. The van der Waals surface area contributed by atoms with E-state index in [0.29, 0.717) is 0 Å². The molecule has 1 heterocycles. The van der Waals surface area contributed by atoms with Gasteiger partial charge in [0.15, 0.2) is 0 Å². The third kappa shape index (κ3) is 1.87. The van der Waals surface area contributed by atoms with Crippen LogP contribution in [-0.4, -0.2) is 0 Å². The molecule has 1 aromatic heterocycles. The second kappa shape index (κ2) is 4.01. The fourth-order valence-corrected chi connectivity index (χ4v) is 3.85. The zero-order valence-corrected chi connectivity index (χ0v) is 12.1. The summed E-state index contributed by atoms with van der Waals surface area (Å²) in [6.45, 7) is 0. The first kappa shape index (κ1) is 10.1. The fraction of sp³-hybridized carbons (Fsp3) is 0.111. The van der Waals surface area contributed by atoms with Gasteiger partial charge in [-0.3, -0.25) is 0 Å². The van der Waals surface area contributed by atoms with Crippen molar-refractivity contribution in [1.29, 1.82) is 0 Å². The predicted octanol–water partition coefficient (Wildman–Crippen LogP) is 5.32. The van der Waals surface area contributed by atoms with Crippen LogP contribution in [0.3, 0.4) is 0 Å². The minimum absolute atomic E-state index is 0.913. The van der Waals surface area contributed by atoms with Gasteiger partial charge < -0.3 is 0 Å².